The first-order valence-electron chi connectivity index (χ1n) is 11.8. The van der Waals surface area contributed by atoms with Crippen molar-refractivity contribution in [3.63, 3.8) is 0 Å². The molecule has 8 heteroatoms. The van der Waals surface area contributed by atoms with Crippen LogP contribution in [0.2, 0.25) is 0 Å². The molecule has 0 spiro atoms. The highest BCUT2D eigenvalue weighted by Gasteiger charge is 2.23. The molecule has 0 aliphatic carbocycles. The zero-order valence-electron chi connectivity index (χ0n) is 20.2. The van der Waals surface area contributed by atoms with Gasteiger partial charge in [0, 0.05) is 42.3 Å². The van der Waals surface area contributed by atoms with Crippen molar-refractivity contribution in [1.82, 2.24) is 0 Å². The number of nitrogens with zero attached hydrogens (tertiary/aromatic N) is 2. The predicted molar refractivity (Wildman–Crippen MR) is 148 cm³/mol. The van der Waals surface area contributed by atoms with E-state index in [-0.39, 0.29) is 23.8 Å². The van der Waals surface area contributed by atoms with Crippen LogP contribution in [0.5, 0.6) is 5.75 Å². The number of Topliss-reactive ketones (excluding diaryl/α,β-unsaturated/α-hetero) is 1. The van der Waals surface area contributed by atoms with Crippen molar-refractivity contribution in [2.75, 3.05) is 17.7 Å². The molecule has 2 amide bonds. The van der Waals surface area contributed by atoms with Crippen LogP contribution in [0, 0.1) is 5.41 Å². The van der Waals surface area contributed by atoms with E-state index in [2.05, 4.69) is 21.9 Å². The van der Waals surface area contributed by atoms with Gasteiger partial charge in [-0.25, -0.2) is 9.79 Å². The zero-order chi connectivity index (χ0) is 25.5. The second-order valence-corrected chi connectivity index (χ2v) is 9.35. The van der Waals surface area contributed by atoms with Crippen LogP contribution in [0.1, 0.15) is 42.0 Å². The average Bonchev–Trinajstić information content (AvgIpc) is 3.28. The van der Waals surface area contributed by atoms with E-state index < -0.39 is 6.03 Å². The Kier molecular flexibility index (Phi) is 8.28. The number of amidine groups is 1. The number of thioether (sulfide) groups is 1. The number of carbonyl (C=O) groups excluding carboxylic acids is 2. The molecule has 0 aromatic heterocycles. The van der Waals surface area contributed by atoms with Crippen LogP contribution < -0.4 is 10.1 Å². The minimum Gasteiger partial charge on any atom is -0.492 e. The molecule has 4 rings (SSSR count). The molecule has 0 saturated heterocycles. The summed E-state index contributed by atoms with van der Waals surface area (Å²) < 4.78 is 5.83. The number of rotatable bonds is 6. The number of amides is 2. The highest BCUT2D eigenvalue weighted by atomic mass is 32.2. The number of aliphatic imine (C=N–C) groups is 2. The first-order valence-corrected chi connectivity index (χ1v) is 12.8. The number of para-hydroxylation sites is 1. The summed E-state index contributed by atoms with van der Waals surface area (Å²) in [6.07, 6.45) is 7.55. The molecular formula is C28H28N4O3S. The van der Waals surface area contributed by atoms with E-state index in [9.17, 15) is 9.59 Å². The summed E-state index contributed by atoms with van der Waals surface area (Å²) in [6, 6.07) is 10.8. The number of ketones is 1. The number of benzene rings is 2. The minimum absolute atomic E-state index is 0.0783. The van der Waals surface area contributed by atoms with Crippen molar-refractivity contribution in [2.45, 2.75) is 32.6 Å². The lowest BCUT2D eigenvalue weighted by Crippen LogP contribution is -2.11. The molecule has 2 aliphatic heterocycles. The van der Waals surface area contributed by atoms with Gasteiger partial charge in [0.15, 0.2) is 5.84 Å². The Balaban J connectivity index is 1.55. The summed E-state index contributed by atoms with van der Waals surface area (Å²) in [4.78, 5) is 33.7. The van der Waals surface area contributed by atoms with Crippen LogP contribution in [0.25, 0.3) is 5.57 Å². The Morgan fingerprint density at radius 2 is 2.17 bits per heavy atom. The third-order valence-electron chi connectivity index (χ3n) is 5.83. The highest BCUT2D eigenvalue weighted by molar-refractivity contribution is 8.14. The van der Waals surface area contributed by atoms with Crippen molar-refractivity contribution in [2.24, 2.45) is 9.98 Å². The Bertz CT molecular complexity index is 1310. The molecule has 0 unspecified atom stereocenters. The van der Waals surface area contributed by atoms with Gasteiger partial charge in [-0.2, -0.15) is 4.99 Å². The van der Waals surface area contributed by atoms with Crippen molar-refractivity contribution >= 4 is 51.9 Å². The Labute approximate surface area is 215 Å². The number of aryl methyl sites for hydroxylation is 1. The number of nitrogens with one attached hydrogen (secondary N) is 2. The van der Waals surface area contributed by atoms with Gasteiger partial charge in [-0.3, -0.25) is 10.2 Å². The summed E-state index contributed by atoms with van der Waals surface area (Å²) >= 11 is 1.26. The van der Waals surface area contributed by atoms with Crippen molar-refractivity contribution in [3.8, 4) is 5.75 Å². The van der Waals surface area contributed by atoms with Crippen LogP contribution in [0.3, 0.4) is 0 Å². The number of ether oxygens (including phenoxy) is 1. The number of allylic oxidation sites excluding steroid dienone is 2. The average molecular weight is 501 g/mol. The lowest BCUT2D eigenvalue weighted by molar-refractivity contribution is -0.115. The van der Waals surface area contributed by atoms with Gasteiger partial charge in [0.2, 0.25) is 0 Å². The molecule has 0 radical (unpaired) electrons. The first-order chi connectivity index (χ1) is 17.5. The Morgan fingerprint density at radius 1 is 1.31 bits per heavy atom. The molecule has 2 aliphatic rings. The second kappa shape index (κ2) is 11.8. The smallest absolute Gasteiger partial charge is 0.346 e. The van der Waals surface area contributed by atoms with E-state index in [0.29, 0.717) is 35.7 Å². The monoisotopic (exact) mass is 500 g/mol. The second-order valence-electron chi connectivity index (χ2n) is 8.36. The third kappa shape index (κ3) is 6.07. The molecule has 0 fully saturated rings. The molecule has 36 heavy (non-hydrogen) atoms. The van der Waals surface area contributed by atoms with Crippen LogP contribution >= 0.6 is 11.8 Å². The molecule has 2 aromatic carbocycles. The molecular weight excluding hydrogens is 472 g/mol. The fourth-order valence-corrected chi connectivity index (χ4v) is 4.84. The predicted octanol–water partition coefficient (Wildman–Crippen LogP) is 5.88. The lowest BCUT2D eigenvalue weighted by Gasteiger charge is -2.11. The largest absolute Gasteiger partial charge is 0.492 e. The van der Waals surface area contributed by atoms with Gasteiger partial charge in [0.25, 0.3) is 0 Å². The quantitative estimate of drug-likeness (QED) is 0.294. The van der Waals surface area contributed by atoms with Gasteiger partial charge in [-0.1, -0.05) is 43.0 Å². The molecule has 7 nitrogen and oxygen atoms in total. The van der Waals surface area contributed by atoms with Crippen molar-refractivity contribution in [1.29, 1.82) is 5.41 Å². The Hall–Kier alpha value is -3.78. The standard InChI is InChI=1S/C28H28N4O3S/c1-3-5-12-30-27(29)20-9-10-24(18(4-2)14-20)31-28(34)32-25-16-21(15-22(33)17-36-25)23-8-6-7-19-11-13-35-26(19)23/h3,6-10,12,14,16,29H,1,4-5,11,13,15,17H2,2H3,(H,31,34)/b29-27?,30-12?,32-25-. The number of carbonyl (C=O) groups is 2. The third-order valence-corrected chi connectivity index (χ3v) is 6.80. The maximum atomic E-state index is 12.8. The van der Waals surface area contributed by atoms with Gasteiger partial charge >= 0.3 is 6.03 Å². The fourth-order valence-electron chi connectivity index (χ4n) is 4.06. The summed E-state index contributed by atoms with van der Waals surface area (Å²) in [7, 11) is 0. The number of hydrogen-bond donors (Lipinski definition) is 2. The van der Waals surface area contributed by atoms with E-state index in [4.69, 9.17) is 10.1 Å². The first kappa shape index (κ1) is 25.3. The number of fused-ring (bicyclic) bond motifs is 1. The SMILES string of the molecule is C=CCC=NC(=N)c1ccc(NC(=O)/N=C2/C=C(c3cccc4c3OCC4)CC(=O)CS2)c(CC)c1. The number of hydrogen-bond acceptors (Lipinski definition) is 5. The van der Waals surface area contributed by atoms with E-state index in [1.165, 1.54) is 11.8 Å². The van der Waals surface area contributed by atoms with Crippen LogP contribution in [0.4, 0.5) is 10.5 Å². The zero-order valence-corrected chi connectivity index (χ0v) is 21.0. The summed E-state index contributed by atoms with van der Waals surface area (Å²) in [5.41, 5.74) is 5.00. The maximum Gasteiger partial charge on any atom is 0.346 e. The summed E-state index contributed by atoms with van der Waals surface area (Å²) in [6.45, 7) is 6.25. The van der Waals surface area contributed by atoms with Gasteiger partial charge < -0.3 is 10.1 Å². The highest BCUT2D eigenvalue weighted by Crippen LogP contribution is 2.37. The molecule has 0 saturated carbocycles. The van der Waals surface area contributed by atoms with E-state index >= 15 is 0 Å². The van der Waals surface area contributed by atoms with Gasteiger partial charge in [0.1, 0.15) is 16.6 Å². The summed E-state index contributed by atoms with van der Waals surface area (Å²) in [5, 5.41) is 11.5. The molecule has 2 aromatic rings. The fraction of sp³-hybridized carbons (Fsp3) is 0.250. The summed E-state index contributed by atoms with van der Waals surface area (Å²) in [5.74, 6) is 1.30. The molecule has 0 bridgehead atoms. The minimum atomic E-state index is -0.515. The number of anilines is 1. The van der Waals surface area contributed by atoms with Crippen molar-refractivity contribution in [3.05, 3.63) is 77.4 Å². The molecule has 0 atom stereocenters. The normalized spacial score (nSPS) is 16.3. The number of urea groups is 1. The van der Waals surface area contributed by atoms with Crippen LogP contribution in [-0.2, 0) is 17.6 Å². The van der Waals surface area contributed by atoms with Crippen LogP contribution in [0.15, 0.2) is 65.1 Å². The van der Waals surface area contributed by atoms with E-state index in [1.54, 1.807) is 24.4 Å². The topological polar surface area (TPSA) is 104 Å². The van der Waals surface area contributed by atoms with E-state index in [1.807, 2.05) is 37.3 Å². The van der Waals surface area contributed by atoms with Gasteiger partial charge in [0.05, 0.1) is 12.4 Å². The Morgan fingerprint density at radius 3 is 2.97 bits per heavy atom. The van der Waals surface area contributed by atoms with Crippen molar-refractivity contribution < 1.29 is 14.3 Å². The molecule has 184 valence electrons. The molecule has 2 heterocycles. The molecule has 2 N–H and O–H groups in total. The van der Waals surface area contributed by atoms with Gasteiger partial charge in [-0.15, -0.1) is 6.58 Å². The maximum absolute atomic E-state index is 12.8. The lowest BCUT2D eigenvalue weighted by atomic mass is 9.97. The van der Waals surface area contributed by atoms with Crippen LogP contribution in [-0.4, -0.2) is 41.3 Å². The van der Waals surface area contributed by atoms with Gasteiger partial charge in [-0.05, 0) is 47.4 Å². The van der Waals surface area contributed by atoms with E-state index in [0.717, 1.165) is 34.4 Å².